The largest absolute Gasteiger partial charge is 0.365 e. The van der Waals surface area contributed by atoms with E-state index in [4.69, 9.17) is 11.6 Å². The molecule has 1 fully saturated rings. The van der Waals surface area contributed by atoms with Crippen LogP contribution in [0.25, 0.3) is 10.9 Å². The number of hydrogen-bond donors (Lipinski definition) is 0. The number of pyridine rings is 1. The van der Waals surface area contributed by atoms with Crippen LogP contribution in [0.3, 0.4) is 0 Å². The average molecular weight is 397 g/mol. The van der Waals surface area contributed by atoms with Gasteiger partial charge in [0.05, 0.1) is 15.8 Å². The van der Waals surface area contributed by atoms with Gasteiger partial charge in [-0.2, -0.15) is 0 Å². The number of anilines is 1. The third-order valence-corrected chi connectivity index (χ3v) is 5.42. The van der Waals surface area contributed by atoms with E-state index in [2.05, 4.69) is 14.8 Å². The summed E-state index contributed by atoms with van der Waals surface area (Å²) >= 11 is 5.97. The zero-order valence-electron chi connectivity index (χ0n) is 15.4. The van der Waals surface area contributed by atoms with Crippen LogP contribution in [0.2, 0.25) is 5.02 Å². The van der Waals surface area contributed by atoms with Crippen molar-refractivity contribution in [2.75, 3.05) is 31.1 Å². The van der Waals surface area contributed by atoms with E-state index >= 15 is 0 Å². The van der Waals surface area contributed by atoms with Crippen molar-refractivity contribution in [1.82, 2.24) is 9.88 Å². The van der Waals surface area contributed by atoms with E-state index in [0.29, 0.717) is 16.6 Å². The fraction of sp³-hybridized carbons (Fsp3) is 0.286. The summed E-state index contributed by atoms with van der Waals surface area (Å²) in [6.07, 6.45) is 2.61. The fourth-order valence-corrected chi connectivity index (χ4v) is 3.92. The van der Waals surface area contributed by atoms with Gasteiger partial charge >= 0.3 is 5.69 Å². The van der Waals surface area contributed by atoms with Crippen LogP contribution in [-0.4, -0.2) is 41.0 Å². The van der Waals surface area contributed by atoms with E-state index in [1.807, 2.05) is 36.4 Å². The Bertz CT molecular complexity index is 993. The highest BCUT2D eigenvalue weighted by molar-refractivity contribution is 6.30. The summed E-state index contributed by atoms with van der Waals surface area (Å²) in [6.45, 7) is 4.21. The van der Waals surface area contributed by atoms with E-state index in [1.165, 1.54) is 5.56 Å². The smallest absolute Gasteiger partial charge is 0.301 e. The van der Waals surface area contributed by atoms with E-state index in [-0.39, 0.29) is 10.6 Å². The Balaban J connectivity index is 1.55. The van der Waals surface area contributed by atoms with Gasteiger partial charge in [-0.25, -0.2) is 0 Å². The lowest BCUT2D eigenvalue weighted by Gasteiger charge is -2.24. The lowest BCUT2D eigenvalue weighted by molar-refractivity contribution is -0.382. The van der Waals surface area contributed by atoms with Crippen molar-refractivity contribution >= 4 is 33.9 Å². The summed E-state index contributed by atoms with van der Waals surface area (Å²) in [5, 5.41) is 13.2. The van der Waals surface area contributed by atoms with Crippen molar-refractivity contribution < 1.29 is 4.92 Å². The molecule has 1 saturated heterocycles. The normalized spacial score (nSPS) is 15.5. The molecule has 1 aliphatic heterocycles. The molecule has 0 unspecified atom stereocenters. The summed E-state index contributed by atoms with van der Waals surface area (Å²) in [5.74, 6) is 0. The van der Waals surface area contributed by atoms with Gasteiger partial charge in [-0.3, -0.25) is 20.0 Å². The average Bonchev–Trinajstić information content (AvgIpc) is 2.94. The summed E-state index contributed by atoms with van der Waals surface area (Å²) in [6, 6.07) is 15.1. The molecule has 0 aliphatic carbocycles. The van der Waals surface area contributed by atoms with E-state index in [9.17, 15) is 10.1 Å². The van der Waals surface area contributed by atoms with Crippen molar-refractivity contribution in [2.45, 2.75) is 13.0 Å². The molecule has 1 aromatic heterocycles. The molecule has 0 N–H and O–H groups in total. The van der Waals surface area contributed by atoms with Gasteiger partial charge in [-0.1, -0.05) is 23.7 Å². The molecule has 2 heterocycles. The Morgan fingerprint density at radius 1 is 1.04 bits per heavy atom. The second-order valence-electron chi connectivity index (χ2n) is 7.00. The van der Waals surface area contributed by atoms with Crippen LogP contribution in [-0.2, 0) is 6.54 Å². The summed E-state index contributed by atoms with van der Waals surface area (Å²) < 4.78 is 0. The lowest BCUT2D eigenvalue weighted by atomic mass is 10.1. The molecular weight excluding hydrogens is 376 g/mol. The van der Waals surface area contributed by atoms with Crippen LogP contribution < -0.4 is 4.90 Å². The van der Waals surface area contributed by atoms with Crippen LogP contribution in [0.4, 0.5) is 11.4 Å². The monoisotopic (exact) mass is 396 g/mol. The number of fused-ring (bicyclic) bond motifs is 1. The van der Waals surface area contributed by atoms with Gasteiger partial charge in [-0.05, 0) is 48.4 Å². The Morgan fingerprint density at radius 3 is 2.64 bits per heavy atom. The van der Waals surface area contributed by atoms with Gasteiger partial charge in [0, 0.05) is 43.9 Å². The fourth-order valence-electron chi connectivity index (χ4n) is 3.79. The molecule has 28 heavy (non-hydrogen) atoms. The Kier molecular flexibility index (Phi) is 5.41. The highest BCUT2D eigenvalue weighted by Gasteiger charge is 2.25. The molecule has 2 aromatic carbocycles. The summed E-state index contributed by atoms with van der Waals surface area (Å²) in [4.78, 5) is 20.3. The maximum atomic E-state index is 11.8. The first-order valence-electron chi connectivity index (χ1n) is 9.36. The van der Waals surface area contributed by atoms with Crippen molar-refractivity contribution in [3.63, 3.8) is 0 Å². The molecule has 0 bridgehead atoms. The summed E-state index contributed by atoms with van der Waals surface area (Å²) in [7, 11) is 0. The van der Waals surface area contributed by atoms with Crippen molar-refractivity contribution in [3.8, 4) is 0 Å². The van der Waals surface area contributed by atoms with Crippen LogP contribution in [0.5, 0.6) is 0 Å². The second kappa shape index (κ2) is 8.12. The van der Waals surface area contributed by atoms with Gasteiger partial charge in [0.15, 0.2) is 0 Å². The molecule has 0 saturated carbocycles. The van der Waals surface area contributed by atoms with E-state index < -0.39 is 0 Å². The van der Waals surface area contributed by atoms with Crippen molar-refractivity contribution in [2.24, 2.45) is 0 Å². The van der Waals surface area contributed by atoms with Crippen LogP contribution in [0.1, 0.15) is 12.0 Å². The number of hydrogen-bond acceptors (Lipinski definition) is 5. The third kappa shape index (κ3) is 3.93. The molecule has 6 nitrogen and oxygen atoms in total. The predicted octanol–water partition coefficient (Wildman–Crippen LogP) is 4.51. The van der Waals surface area contributed by atoms with Gasteiger partial charge < -0.3 is 4.90 Å². The summed E-state index contributed by atoms with van der Waals surface area (Å²) in [5.41, 5.74) is 2.70. The number of halogens is 1. The van der Waals surface area contributed by atoms with Crippen LogP contribution in [0.15, 0.2) is 54.7 Å². The Labute approximate surface area is 168 Å². The van der Waals surface area contributed by atoms with Gasteiger partial charge in [0.2, 0.25) is 0 Å². The molecule has 4 rings (SSSR count). The Morgan fingerprint density at radius 2 is 1.86 bits per heavy atom. The highest BCUT2D eigenvalue weighted by atomic mass is 35.5. The molecule has 0 spiro atoms. The molecule has 0 atom stereocenters. The number of aromatic nitrogens is 1. The van der Waals surface area contributed by atoms with Gasteiger partial charge in [0.1, 0.15) is 5.69 Å². The van der Waals surface area contributed by atoms with Crippen molar-refractivity contribution in [3.05, 3.63) is 75.4 Å². The number of nitrogens with zero attached hydrogens (tertiary/aromatic N) is 4. The van der Waals surface area contributed by atoms with Crippen molar-refractivity contribution in [1.29, 1.82) is 0 Å². The first-order chi connectivity index (χ1) is 13.6. The SMILES string of the molecule is O=[N+]([O-])c1c(N2CCCN(Cc3ccc(Cl)cc3)CC2)ccc2ncccc12. The molecule has 144 valence electrons. The zero-order chi connectivity index (χ0) is 19.5. The second-order valence-corrected chi connectivity index (χ2v) is 7.44. The van der Waals surface area contributed by atoms with Crippen LogP contribution >= 0.6 is 11.6 Å². The predicted molar refractivity (Wildman–Crippen MR) is 112 cm³/mol. The first kappa shape index (κ1) is 18.7. The maximum absolute atomic E-state index is 11.8. The molecule has 7 heteroatoms. The van der Waals surface area contributed by atoms with Gasteiger partial charge in [-0.15, -0.1) is 0 Å². The Hall–Kier alpha value is -2.70. The van der Waals surface area contributed by atoms with E-state index in [1.54, 1.807) is 18.3 Å². The number of nitro benzene ring substituents is 1. The van der Waals surface area contributed by atoms with E-state index in [0.717, 1.165) is 44.2 Å². The lowest BCUT2D eigenvalue weighted by Crippen LogP contribution is -2.30. The topological polar surface area (TPSA) is 62.5 Å². The minimum absolute atomic E-state index is 0.150. The standard InChI is InChI=1S/C21H21ClN4O2/c22-17-6-4-16(5-7-17)15-24-11-2-12-25(14-13-24)20-9-8-19-18(3-1-10-23-19)21(20)26(27)28/h1,3-10H,2,11-15H2. The maximum Gasteiger partial charge on any atom is 0.301 e. The highest BCUT2D eigenvalue weighted by Crippen LogP contribution is 2.35. The number of benzene rings is 2. The molecule has 0 amide bonds. The molecule has 0 radical (unpaired) electrons. The number of nitro groups is 1. The van der Waals surface area contributed by atoms with Gasteiger partial charge in [0.25, 0.3) is 0 Å². The number of rotatable bonds is 4. The molecule has 3 aromatic rings. The van der Waals surface area contributed by atoms with Crippen LogP contribution in [0, 0.1) is 10.1 Å². The first-order valence-corrected chi connectivity index (χ1v) is 9.73. The molecular formula is C21H21ClN4O2. The third-order valence-electron chi connectivity index (χ3n) is 5.17. The zero-order valence-corrected chi connectivity index (χ0v) is 16.2. The minimum Gasteiger partial charge on any atom is -0.365 e. The quantitative estimate of drug-likeness (QED) is 0.479. The molecule has 1 aliphatic rings. The minimum atomic E-state index is -0.282.